The molecule has 1 aliphatic heterocycles. The molecule has 1 atom stereocenters. The molecule has 3 rings (SSSR count). The first kappa shape index (κ1) is 13.7. The third kappa shape index (κ3) is 3.64. The van der Waals surface area contributed by atoms with Gasteiger partial charge < -0.3 is 19.5 Å². The fourth-order valence-corrected chi connectivity index (χ4v) is 2.44. The molecule has 1 aromatic carbocycles. The molecule has 110 valence electrons. The van der Waals surface area contributed by atoms with Crippen molar-refractivity contribution in [1.29, 1.82) is 0 Å². The summed E-state index contributed by atoms with van der Waals surface area (Å²) in [4.78, 5) is 0. The summed E-state index contributed by atoms with van der Waals surface area (Å²) in [6.45, 7) is 2.35. The normalized spacial score (nSPS) is 21.9. The van der Waals surface area contributed by atoms with Crippen molar-refractivity contribution in [3.8, 4) is 11.5 Å². The Morgan fingerprint density at radius 3 is 2.90 bits per heavy atom. The molecular weight excluding hydrogens is 254 g/mol. The van der Waals surface area contributed by atoms with Gasteiger partial charge in [-0.2, -0.15) is 0 Å². The standard InChI is InChI=1S/C16H23NO3/c1-18-14-7-4-12(10-17-13-5-6-13)16(9-14)20-11-15-3-2-8-19-15/h4,7,9,13,15,17H,2-3,5-6,8,10-11H2,1H3. The summed E-state index contributed by atoms with van der Waals surface area (Å²) >= 11 is 0. The third-order valence-electron chi connectivity index (χ3n) is 3.88. The Balaban J connectivity index is 1.63. The number of rotatable bonds is 7. The minimum absolute atomic E-state index is 0.241. The Kier molecular flexibility index (Phi) is 4.43. The summed E-state index contributed by atoms with van der Waals surface area (Å²) < 4.78 is 16.9. The first-order valence-corrected chi connectivity index (χ1v) is 7.50. The van der Waals surface area contributed by atoms with Gasteiger partial charge in [0.2, 0.25) is 0 Å². The van der Waals surface area contributed by atoms with Crippen LogP contribution in [0.25, 0.3) is 0 Å². The van der Waals surface area contributed by atoms with Gasteiger partial charge in [-0.1, -0.05) is 6.07 Å². The molecule has 2 fully saturated rings. The number of hydrogen-bond donors (Lipinski definition) is 1. The van der Waals surface area contributed by atoms with Crippen LogP contribution in [0.3, 0.4) is 0 Å². The van der Waals surface area contributed by atoms with Gasteiger partial charge in [-0.05, 0) is 31.7 Å². The Labute approximate surface area is 120 Å². The van der Waals surface area contributed by atoms with E-state index in [0.29, 0.717) is 12.6 Å². The Hall–Kier alpha value is -1.26. The summed E-state index contributed by atoms with van der Waals surface area (Å²) in [5, 5.41) is 3.53. The van der Waals surface area contributed by atoms with Gasteiger partial charge in [0.25, 0.3) is 0 Å². The lowest BCUT2D eigenvalue weighted by Crippen LogP contribution is -2.19. The van der Waals surface area contributed by atoms with Crippen LogP contribution in [0.15, 0.2) is 18.2 Å². The molecule has 1 saturated heterocycles. The van der Waals surface area contributed by atoms with Crippen molar-refractivity contribution >= 4 is 0 Å². The highest BCUT2D eigenvalue weighted by Gasteiger charge is 2.21. The van der Waals surface area contributed by atoms with Crippen molar-refractivity contribution in [2.45, 2.75) is 44.4 Å². The lowest BCUT2D eigenvalue weighted by atomic mass is 10.2. The van der Waals surface area contributed by atoms with Gasteiger partial charge in [0.15, 0.2) is 0 Å². The number of methoxy groups -OCH3 is 1. The monoisotopic (exact) mass is 277 g/mol. The third-order valence-corrected chi connectivity index (χ3v) is 3.88. The minimum Gasteiger partial charge on any atom is -0.497 e. The van der Waals surface area contributed by atoms with Gasteiger partial charge in [-0.25, -0.2) is 0 Å². The zero-order valence-corrected chi connectivity index (χ0v) is 12.1. The molecule has 0 radical (unpaired) electrons. The average Bonchev–Trinajstić information content (AvgIpc) is 3.17. The van der Waals surface area contributed by atoms with E-state index in [1.807, 2.05) is 12.1 Å². The smallest absolute Gasteiger partial charge is 0.127 e. The Morgan fingerprint density at radius 2 is 2.20 bits per heavy atom. The summed E-state index contributed by atoms with van der Waals surface area (Å²) in [7, 11) is 1.68. The molecule has 1 heterocycles. The molecule has 0 bridgehead atoms. The van der Waals surface area contributed by atoms with E-state index in [4.69, 9.17) is 14.2 Å². The van der Waals surface area contributed by atoms with E-state index in [0.717, 1.165) is 37.5 Å². The summed E-state index contributed by atoms with van der Waals surface area (Å²) in [6, 6.07) is 6.74. The fraction of sp³-hybridized carbons (Fsp3) is 0.625. The van der Waals surface area contributed by atoms with Gasteiger partial charge in [-0.15, -0.1) is 0 Å². The largest absolute Gasteiger partial charge is 0.497 e. The van der Waals surface area contributed by atoms with E-state index in [9.17, 15) is 0 Å². The molecule has 1 N–H and O–H groups in total. The highest BCUT2D eigenvalue weighted by atomic mass is 16.5. The average molecular weight is 277 g/mol. The predicted molar refractivity (Wildman–Crippen MR) is 77.3 cm³/mol. The van der Waals surface area contributed by atoms with Crippen LogP contribution in [0.2, 0.25) is 0 Å². The van der Waals surface area contributed by atoms with E-state index in [2.05, 4.69) is 11.4 Å². The molecule has 1 aliphatic carbocycles. The lowest BCUT2D eigenvalue weighted by molar-refractivity contribution is 0.0675. The quantitative estimate of drug-likeness (QED) is 0.831. The van der Waals surface area contributed by atoms with Gasteiger partial charge in [0.1, 0.15) is 18.1 Å². The van der Waals surface area contributed by atoms with Crippen LogP contribution in [-0.2, 0) is 11.3 Å². The summed E-state index contributed by atoms with van der Waals surface area (Å²) in [5.74, 6) is 1.75. The molecule has 4 heteroatoms. The summed E-state index contributed by atoms with van der Waals surface area (Å²) in [5.41, 5.74) is 1.19. The van der Waals surface area contributed by atoms with Gasteiger partial charge in [-0.3, -0.25) is 0 Å². The highest BCUT2D eigenvalue weighted by molar-refractivity contribution is 5.40. The molecule has 20 heavy (non-hydrogen) atoms. The first-order chi connectivity index (χ1) is 9.85. The van der Waals surface area contributed by atoms with Crippen LogP contribution >= 0.6 is 0 Å². The molecule has 1 unspecified atom stereocenters. The second kappa shape index (κ2) is 6.46. The van der Waals surface area contributed by atoms with E-state index in [1.165, 1.54) is 18.4 Å². The molecule has 1 saturated carbocycles. The Morgan fingerprint density at radius 1 is 1.30 bits per heavy atom. The van der Waals surface area contributed by atoms with Gasteiger partial charge in [0.05, 0.1) is 13.2 Å². The second-order valence-corrected chi connectivity index (χ2v) is 5.57. The van der Waals surface area contributed by atoms with Crippen LogP contribution in [0.4, 0.5) is 0 Å². The molecule has 0 aromatic heterocycles. The van der Waals surface area contributed by atoms with Crippen LogP contribution in [0, 0.1) is 0 Å². The van der Waals surface area contributed by atoms with E-state index in [1.54, 1.807) is 7.11 Å². The maximum atomic E-state index is 5.97. The van der Waals surface area contributed by atoms with Gasteiger partial charge >= 0.3 is 0 Å². The van der Waals surface area contributed by atoms with Crippen molar-refractivity contribution in [3.05, 3.63) is 23.8 Å². The molecular formula is C16H23NO3. The molecule has 0 amide bonds. The van der Waals surface area contributed by atoms with Crippen LogP contribution < -0.4 is 14.8 Å². The van der Waals surface area contributed by atoms with Gasteiger partial charge in [0, 0.05) is 30.8 Å². The van der Waals surface area contributed by atoms with Crippen molar-refractivity contribution in [3.63, 3.8) is 0 Å². The maximum absolute atomic E-state index is 5.97. The topological polar surface area (TPSA) is 39.7 Å². The molecule has 1 aromatic rings. The zero-order valence-electron chi connectivity index (χ0n) is 12.1. The van der Waals surface area contributed by atoms with Crippen LogP contribution in [-0.4, -0.2) is 32.5 Å². The van der Waals surface area contributed by atoms with Crippen molar-refractivity contribution in [2.75, 3.05) is 20.3 Å². The number of ether oxygens (including phenoxy) is 3. The van der Waals surface area contributed by atoms with Crippen LogP contribution in [0.5, 0.6) is 11.5 Å². The molecule has 0 spiro atoms. The van der Waals surface area contributed by atoms with E-state index < -0.39 is 0 Å². The molecule has 4 nitrogen and oxygen atoms in total. The van der Waals surface area contributed by atoms with Crippen molar-refractivity contribution in [1.82, 2.24) is 5.32 Å². The van der Waals surface area contributed by atoms with Crippen molar-refractivity contribution in [2.24, 2.45) is 0 Å². The Bertz CT molecular complexity index is 439. The van der Waals surface area contributed by atoms with E-state index in [-0.39, 0.29) is 6.10 Å². The highest BCUT2D eigenvalue weighted by Crippen LogP contribution is 2.27. The fourth-order valence-electron chi connectivity index (χ4n) is 2.44. The molecule has 2 aliphatic rings. The van der Waals surface area contributed by atoms with Crippen molar-refractivity contribution < 1.29 is 14.2 Å². The lowest BCUT2D eigenvalue weighted by Gasteiger charge is -2.16. The summed E-state index contributed by atoms with van der Waals surface area (Å²) in [6.07, 6.45) is 5.07. The number of hydrogen-bond acceptors (Lipinski definition) is 4. The van der Waals surface area contributed by atoms with Crippen LogP contribution in [0.1, 0.15) is 31.2 Å². The zero-order chi connectivity index (χ0) is 13.8. The minimum atomic E-state index is 0.241. The second-order valence-electron chi connectivity index (χ2n) is 5.57. The maximum Gasteiger partial charge on any atom is 0.127 e. The number of benzene rings is 1. The number of nitrogens with one attached hydrogen (secondary N) is 1. The first-order valence-electron chi connectivity index (χ1n) is 7.50. The predicted octanol–water partition coefficient (Wildman–Crippen LogP) is 2.51. The SMILES string of the molecule is COc1ccc(CNC2CC2)c(OCC2CCCO2)c1. The van der Waals surface area contributed by atoms with E-state index >= 15 is 0 Å².